The maximum Gasteiger partial charge on any atom is 0.100 e. The normalized spacial score (nSPS) is 13.6. The molecule has 0 unspecified atom stereocenters. The number of para-hydroxylation sites is 1. The van der Waals surface area contributed by atoms with Crippen molar-refractivity contribution in [2.24, 2.45) is 0 Å². The summed E-state index contributed by atoms with van der Waals surface area (Å²) in [5.74, 6) is 0.615. The fourth-order valence-electron chi connectivity index (χ4n) is 2.05. The van der Waals surface area contributed by atoms with Crippen molar-refractivity contribution in [3.05, 3.63) is 30.0 Å². The van der Waals surface area contributed by atoms with E-state index < -0.39 is 0 Å². The first-order valence-electron chi connectivity index (χ1n) is 5.26. The van der Waals surface area contributed by atoms with E-state index in [1.165, 1.54) is 0 Å². The summed E-state index contributed by atoms with van der Waals surface area (Å²) in [6.07, 6.45) is 0. The quantitative estimate of drug-likeness (QED) is 0.737. The molecule has 0 fully saturated rings. The Bertz CT molecular complexity index is 520. The summed E-state index contributed by atoms with van der Waals surface area (Å²) in [5, 5.41) is 11.7. The van der Waals surface area contributed by atoms with Crippen molar-refractivity contribution in [2.75, 3.05) is 11.9 Å². The summed E-state index contributed by atoms with van der Waals surface area (Å²) in [5.41, 5.74) is 4.34. The number of anilines is 1. The summed E-state index contributed by atoms with van der Waals surface area (Å²) in [7, 11) is 0. The molecule has 0 radical (unpaired) electrons. The highest BCUT2D eigenvalue weighted by atomic mass is 32.1. The third kappa shape index (κ3) is 1.39. The third-order valence-electron chi connectivity index (χ3n) is 2.78. The van der Waals surface area contributed by atoms with Gasteiger partial charge in [0.1, 0.15) is 5.69 Å². The molecular formula is C11H12N4S. The minimum absolute atomic E-state index is 0.615. The van der Waals surface area contributed by atoms with Gasteiger partial charge >= 0.3 is 0 Å². The van der Waals surface area contributed by atoms with Crippen molar-refractivity contribution < 1.29 is 0 Å². The molecule has 82 valence electrons. The highest BCUT2D eigenvalue weighted by Gasteiger charge is 2.18. The van der Waals surface area contributed by atoms with Crippen LogP contribution in [0.2, 0.25) is 0 Å². The molecule has 16 heavy (non-hydrogen) atoms. The van der Waals surface area contributed by atoms with Gasteiger partial charge in [-0.15, -0.1) is 5.10 Å². The molecule has 0 saturated carbocycles. The summed E-state index contributed by atoms with van der Waals surface area (Å²) in [6, 6.07) is 8.24. The van der Waals surface area contributed by atoms with Gasteiger partial charge in [-0.05, 0) is 6.07 Å². The molecule has 0 saturated heterocycles. The molecule has 2 aromatic rings. The summed E-state index contributed by atoms with van der Waals surface area (Å²) < 4.78 is 1.95. The van der Waals surface area contributed by atoms with Crippen LogP contribution in [0, 0.1) is 0 Å². The largest absolute Gasteiger partial charge is 0.383 e. The molecule has 5 heteroatoms. The summed E-state index contributed by atoms with van der Waals surface area (Å²) in [4.78, 5) is 0. The van der Waals surface area contributed by atoms with Crippen LogP contribution in [-0.4, -0.2) is 21.5 Å². The van der Waals surface area contributed by atoms with Crippen LogP contribution in [0.25, 0.3) is 11.3 Å². The zero-order valence-corrected chi connectivity index (χ0v) is 9.61. The van der Waals surface area contributed by atoms with Crippen molar-refractivity contribution in [3.8, 4) is 11.3 Å². The number of fused-ring (bicyclic) bond motifs is 3. The maximum absolute atomic E-state index is 4.30. The van der Waals surface area contributed by atoms with E-state index in [1.54, 1.807) is 0 Å². The lowest BCUT2D eigenvalue weighted by molar-refractivity contribution is 0.619. The van der Waals surface area contributed by atoms with E-state index in [0.717, 1.165) is 35.7 Å². The standard InChI is InChI=1S/C11H12N4S/c16-7-10-11-8-3-1-2-4-9(8)12-5-6-15(11)14-13-10/h1-4,12,16H,5-7H2. The van der Waals surface area contributed by atoms with E-state index in [4.69, 9.17) is 0 Å². The molecule has 1 aliphatic rings. The SMILES string of the molecule is SCc1nnn2c1-c1ccccc1NCC2. The van der Waals surface area contributed by atoms with Gasteiger partial charge < -0.3 is 5.32 Å². The number of aromatic nitrogens is 3. The van der Waals surface area contributed by atoms with E-state index in [1.807, 2.05) is 16.8 Å². The Morgan fingerprint density at radius 1 is 1.38 bits per heavy atom. The molecular weight excluding hydrogens is 220 g/mol. The molecule has 1 aromatic heterocycles. The number of nitrogens with one attached hydrogen (secondary N) is 1. The fourth-order valence-corrected chi connectivity index (χ4v) is 2.26. The summed E-state index contributed by atoms with van der Waals surface area (Å²) >= 11 is 4.30. The van der Waals surface area contributed by atoms with Gasteiger partial charge in [0.25, 0.3) is 0 Å². The lowest BCUT2D eigenvalue weighted by atomic mass is 10.1. The molecule has 1 aromatic carbocycles. The van der Waals surface area contributed by atoms with Crippen LogP contribution in [0.1, 0.15) is 5.69 Å². The Morgan fingerprint density at radius 2 is 2.25 bits per heavy atom. The second-order valence-electron chi connectivity index (χ2n) is 3.74. The Kier molecular flexibility index (Phi) is 2.32. The average Bonchev–Trinajstić information content (AvgIpc) is 2.64. The van der Waals surface area contributed by atoms with E-state index in [-0.39, 0.29) is 0 Å². The Balaban J connectivity index is 2.27. The van der Waals surface area contributed by atoms with Gasteiger partial charge in [-0.25, -0.2) is 4.68 Å². The van der Waals surface area contributed by atoms with Crippen molar-refractivity contribution >= 4 is 18.3 Å². The van der Waals surface area contributed by atoms with Gasteiger partial charge in [0.2, 0.25) is 0 Å². The first kappa shape index (κ1) is 9.72. The molecule has 0 amide bonds. The Morgan fingerprint density at radius 3 is 3.12 bits per heavy atom. The van der Waals surface area contributed by atoms with Gasteiger partial charge in [-0.3, -0.25) is 0 Å². The number of hydrogen-bond acceptors (Lipinski definition) is 4. The number of hydrogen-bond donors (Lipinski definition) is 2. The second-order valence-corrected chi connectivity index (χ2v) is 4.05. The number of nitrogens with zero attached hydrogens (tertiary/aromatic N) is 3. The van der Waals surface area contributed by atoms with E-state index in [0.29, 0.717) is 5.75 Å². The lowest BCUT2D eigenvalue weighted by Gasteiger charge is -2.06. The van der Waals surface area contributed by atoms with Crippen molar-refractivity contribution in [1.82, 2.24) is 15.0 Å². The zero-order chi connectivity index (χ0) is 11.0. The van der Waals surface area contributed by atoms with Gasteiger partial charge in [0.05, 0.1) is 12.2 Å². The third-order valence-corrected chi connectivity index (χ3v) is 3.08. The van der Waals surface area contributed by atoms with Crippen molar-refractivity contribution in [1.29, 1.82) is 0 Å². The highest BCUT2D eigenvalue weighted by Crippen LogP contribution is 2.31. The van der Waals surface area contributed by atoms with Crippen LogP contribution in [0.4, 0.5) is 5.69 Å². The van der Waals surface area contributed by atoms with E-state index in [9.17, 15) is 0 Å². The van der Waals surface area contributed by atoms with Crippen LogP contribution < -0.4 is 5.32 Å². The second kappa shape index (κ2) is 3.83. The van der Waals surface area contributed by atoms with E-state index >= 15 is 0 Å². The molecule has 0 bridgehead atoms. The molecule has 1 aliphatic heterocycles. The van der Waals surface area contributed by atoms with Crippen molar-refractivity contribution in [2.45, 2.75) is 12.3 Å². The first-order valence-corrected chi connectivity index (χ1v) is 5.90. The van der Waals surface area contributed by atoms with Crippen LogP contribution >= 0.6 is 12.6 Å². The van der Waals surface area contributed by atoms with Gasteiger partial charge in [0.15, 0.2) is 0 Å². The lowest BCUT2D eigenvalue weighted by Crippen LogP contribution is -2.08. The first-order chi connectivity index (χ1) is 7.90. The van der Waals surface area contributed by atoms with Crippen LogP contribution in [-0.2, 0) is 12.3 Å². The molecule has 1 N–H and O–H groups in total. The molecule has 4 nitrogen and oxygen atoms in total. The predicted molar refractivity (Wildman–Crippen MR) is 66.6 cm³/mol. The zero-order valence-electron chi connectivity index (χ0n) is 8.72. The van der Waals surface area contributed by atoms with Gasteiger partial charge in [-0.1, -0.05) is 23.4 Å². The number of benzene rings is 1. The molecule has 3 rings (SSSR count). The van der Waals surface area contributed by atoms with Crippen LogP contribution in [0.3, 0.4) is 0 Å². The number of thiol groups is 1. The van der Waals surface area contributed by atoms with Crippen molar-refractivity contribution in [3.63, 3.8) is 0 Å². The Labute approximate surface area is 99.1 Å². The minimum Gasteiger partial charge on any atom is -0.383 e. The monoisotopic (exact) mass is 232 g/mol. The molecule has 0 atom stereocenters. The van der Waals surface area contributed by atoms with Crippen LogP contribution in [0.5, 0.6) is 0 Å². The van der Waals surface area contributed by atoms with Crippen LogP contribution in [0.15, 0.2) is 24.3 Å². The fraction of sp³-hybridized carbons (Fsp3) is 0.273. The molecule has 0 spiro atoms. The predicted octanol–water partition coefficient (Wildman–Crippen LogP) is 1.80. The minimum atomic E-state index is 0.615. The summed E-state index contributed by atoms with van der Waals surface area (Å²) in [6.45, 7) is 1.71. The number of rotatable bonds is 1. The average molecular weight is 232 g/mol. The van der Waals surface area contributed by atoms with E-state index in [2.05, 4.69) is 40.4 Å². The maximum atomic E-state index is 4.30. The Hall–Kier alpha value is -1.49. The molecule has 0 aliphatic carbocycles. The smallest absolute Gasteiger partial charge is 0.100 e. The molecule has 2 heterocycles. The van der Waals surface area contributed by atoms with Gasteiger partial charge in [-0.2, -0.15) is 12.6 Å². The van der Waals surface area contributed by atoms with Gasteiger partial charge in [0, 0.05) is 23.5 Å². The topological polar surface area (TPSA) is 42.7 Å². The highest BCUT2D eigenvalue weighted by molar-refractivity contribution is 7.79.